The number of hydrogen-bond acceptors (Lipinski definition) is 3. The Bertz CT molecular complexity index is 247. The van der Waals surface area contributed by atoms with E-state index in [1.165, 1.54) is 0 Å². The average molecular weight is 194 g/mol. The lowest BCUT2D eigenvalue weighted by molar-refractivity contribution is -0.716. The zero-order chi connectivity index (χ0) is 9.35. The third-order valence-corrected chi connectivity index (χ3v) is 3.74. The molecule has 0 unspecified atom stereocenters. The van der Waals surface area contributed by atoms with Crippen molar-refractivity contribution in [2.75, 3.05) is 11.5 Å². The Morgan fingerprint density at radius 2 is 2.00 bits per heavy atom. The zero-order valence-corrected chi connectivity index (χ0v) is 8.21. The van der Waals surface area contributed by atoms with Crippen LogP contribution >= 0.6 is 0 Å². The maximum atomic E-state index is 11.1. The topological polar surface area (TPSA) is 71.0 Å². The lowest BCUT2D eigenvalue weighted by Gasteiger charge is -2.13. The summed E-state index contributed by atoms with van der Waals surface area (Å²) in [5, 5.41) is 11.3. The summed E-state index contributed by atoms with van der Waals surface area (Å²) in [4.78, 5) is 0. The maximum Gasteiger partial charge on any atom is 0.159 e. The van der Waals surface area contributed by atoms with E-state index in [9.17, 15) is 13.5 Å². The summed E-state index contributed by atoms with van der Waals surface area (Å²) >= 11 is 0. The molecule has 1 fully saturated rings. The van der Waals surface area contributed by atoms with Crippen molar-refractivity contribution in [2.45, 2.75) is 32.0 Å². The third-order valence-electron chi connectivity index (χ3n) is 2.00. The van der Waals surface area contributed by atoms with E-state index in [-0.39, 0.29) is 17.5 Å². The summed E-state index contributed by atoms with van der Waals surface area (Å²) in [6, 6.07) is 0.174. The fraction of sp³-hybridized carbons (Fsp3) is 1.00. The molecule has 72 valence electrons. The molecule has 0 radical (unpaired) electrons. The van der Waals surface area contributed by atoms with E-state index in [4.69, 9.17) is 0 Å². The second-order valence-electron chi connectivity index (χ2n) is 3.74. The number of quaternary nitrogens is 1. The molecule has 1 rings (SSSR count). The van der Waals surface area contributed by atoms with Crippen LogP contribution in [-0.2, 0) is 9.84 Å². The van der Waals surface area contributed by atoms with Gasteiger partial charge in [-0.25, -0.2) is 8.42 Å². The van der Waals surface area contributed by atoms with Gasteiger partial charge in [0.05, 0.1) is 11.8 Å². The molecule has 0 aromatic heterocycles. The summed E-state index contributed by atoms with van der Waals surface area (Å²) < 4.78 is 22.1. The first-order chi connectivity index (χ1) is 5.41. The predicted octanol–water partition coefficient (Wildman–Crippen LogP) is -1.88. The Balaban J connectivity index is 2.58. The van der Waals surface area contributed by atoms with Crippen molar-refractivity contribution in [3.05, 3.63) is 0 Å². The van der Waals surface area contributed by atoms with Gasteiger partial charge in [0.2, 0.25) is 0 Å². The molecule has 0 saturated carbocycles. The monoisotopic (exact) mass is 194 g/mol. The SMILES string of the molecule is CC(C)[NH2+][C@@H]1CS(=O)(=O)C[C@H]1O. The van der Waals surface area contributed by atoms with Crippen LogP contribution in [0.3, 0.4) is 0 Å². The fourth-order valence-electron chi connectivity index (χ4n) is 1.53. The van der Waals surface area contributed by atoms with Crippen molar-refractivity contribution in [2.24, 2.45) is 0 Å². The van der Waals surface area contributed by atoms with Gasteiger partial charge in [0.1, 0.15) is 17.9 Å². The van der Waals surface area contributed by atoms with Crippen LogP contribution in [0.5, 0.6) is 0 Å². The second-order valence-corrected chi connectivity index (χ2v) is 5.90. The van der Waals surface area contributed by atoms with Crippen LogP contribution in [0, 0.1) is 0 Å². The zero-order valence-electron chi connectivity index (χ0n) is 7.40. The molecule has 3 N–H and O–H groups in total. The standard InChI is InChI=1S/C7H15NO3S/c1-5(2)8-6-3-12(10,11)4-7(6)9/h5-9H,3-4H2,1-2H3/p+1/t6-,7-/m1/s1. The summed E-state index contributed by atoms with van der Waals surface area (Å²) in [7, 11) is -2.97. The van der Waals surface area contributed by atoms with Crippen LogP contribution in [-0.4, -0.2) is 43.2 Å². The third kappa shape index (κ3) is 2.43. The first kappa shape index (κ1) is 9.95. The Labute approximate surface area is 72.9 Å². The molecule has 5 heteroatoms. The van der Waals surface area contributed by atoms with Gasteiger partial charge in [0.25, 0.3) is 0 Å². The van der Waals surface area contributed by atoms with Crippen molar-refractivity contribution >= 4 is 9.84 Å². The number of aliphatic hydroxyl groups is 1. The lowest BCUT2D eigenvalue weighted by Crippen LogP contribution is -2.96. The molecule has 0 bridgehead atoms. The fourth-order valence-corrected chi connectivity index (χ4v) is 3.36. The Morgan fingerprint density at radius 3 is 2.33 bits per heavy atom. The van der Waals surface area contributed by atoms with E-state index in [0.29, 0.717) is 6.04 Å². The molecule has 0 aromatic rings. The van der Waals surface area contributed by atoms with Crippen LogP contribution in [0.15, 0.2) is 0 Å². The van der Waals surface area contributed by atoms with Gasteiger partial charge in [0, 0.05) is 0 Å². The normalized spacial score (nSPS) is 34.3. The van der Waals surface area contributed by atoms with Crippen LogP contribution in [0.2, 0.25) is 0 Å². The van der Waals surface area contributed by atoms with Crippen molar-refractivity contribution in [3.8, 4) is 0 Å². The highest BCUT2D eigenvalue weighted by Gasteiger charge is 2.39. The molecule has 0 aromatic carbocycles. The number of rotatable bonds is 2. The van der Waals surface area contributed by atoms with Gasteiger partial charge in [0.15, 0.2) is 9.84 Å². The predicted molar refractivity (Wildman–Crippen MR) is 45.5 cm³/mol. The second kappa shape index (κ2) is 3.32. The van der Waals surface area contributed by atoms with Gasteiger partial charge >= 0.3 is 0 Å². The van der Waals surface area contributed by atoms with Crippen LogP contribution < -0.4 is 5.32 Å². The number of hydrogen-bond donors (Lipinski definition) is 2. The van der Waals surface area contributed by atoms with Gasteiger partial charge in [-0.1, -0.05) is 0 Å². The molecule has 1 saturated heterocycles. The number of sulfone groups is 1. The molecule has 1 aliphatic rings. The van der Waals surface area contributed by atoms with E-state index in [1.54, 1.807) is 0 Å². The Kier molecular flexibility index (Phi) is 2.75. The Hall–Kier alpha value is -0.130. The van der Waals surface area contributed by atoms with Crippen LogP contribution in [0.1, 0.15) is 13.8 Å². The highest BCUT2D eigenvalue weighted by Crippen LogP contribution is 2.09. The molecule has 12 heavy (non-hydrogen) atoms. The summed E-state index contributed by atoms with van der Waals surface area (Å²) in [5.74, 6) is 0.0488. The molecular formula is C7H16NO3S+. The minimum Gasteiger partial charge on any atom is -0.386 e. The first-order valence-electron chi connectivity index (χ1n) is 4.14. The highest BCUT2D eigenvalue weighted by molar-refractivity contribution is 7.91. The van der Waals surface area contributed by atoms with E-state index >= 15 is 0 Å². The molecule has 0 amide bonds. The first-order valence-corrected chi connectivity index (χ1v) is 5.96. The molecule has 2 atom stereocenters. The molecule has 0 spiro atoms. The summed E-state index contributed by atoms with van der Waals surface area (Å²) in [6.45, 7) is 3.97. The van der Waals surface area contributed by atoms with Crippen LogP contribution in [0.25, 0.3) is 0 Å². The van der Waals surface area contributed by atoms with Gasteiger partial charge in [-0.3, -0.25) is 0 Å². The maximum absolute atomic E-state index is 11.1. The molecule has 1 aliphatic heterocycles. The van der Waals surface area contributed by atoms with Gasteiger partial charge in [-0.2, -0.15) is 0 Å². The Morgan fingerprint density at radius 1 is 1.42 bits per heavy atom. The van der Waals surface area contributed by atoms with Crippen LogP contribution in [0.4, 0.5) is 0 Å². The minimum absolute atomic E-state index is 0.0686. The van der Waals surface area contributed by atoms with E-state index < -0.39 is 15.9 Å². The molecule has 0 aliphatic carbocycles. The smallest absolute Gasteiger partial charge is 0.159 e. The molecular weight excluding hydrogens is 178 g/mol. The molecule has 1 heterocycles. The summed E-state index contributed by atoms with van der Waals surface area (Å²) in [5.41, 5.74) is 0. The summed E-state index contributed by atoms with van der Waals surface area (Å²) in [6.07, 6.45) is -0.683. The quantitative estimate of drug-likeness (QED) is 0.540. The van der Waals surface area contributed by atoms with Gasteiger partial charge in [-0.05, 0) is 13.8 Å². The van der Waals surface area contributed by atoms with E-state index in [0.717, 1.165) is 0 Å². The van der Waals surface area contributed by atoms with E-state index in [1.807, 2.05) is 19.2 Å². The van der Waals surface area contributed by atoms with Crippen molar-refractivity contribution in [1.29, 1.82) is 0 Å². The van der Waals surface area contributed by atoms with Crippen molar-refractivity contribution in [1.82, 2.24) is 0 Å². The highest BCUT2D eigenvalue weighted by atomic mass is 32.2. The average Bonchev–Trinajstić information content (AvgIpc) is 2.03. The number of nitrogens with two attached hydrogens (primary N) is 1. The van der Waals surface area contributed by atoms with Gasteiger partial charge in [-0.15, -0.1) is 0 Å². The van der Waals surface area contributed by atoms with Gasteiger partial charge < -0.3 is 10.4 Å². The van der Waals surface area contributed by atoms with Crippen molar-refractivity contribution in [3.63, 3.8) is 0 Å². The lowest BCUT2D eigenvalue weighted by atomic mass is 10.2. The minimum atomic E-state index is -2.97. The molecule has 4 nitrogen and oxygen atoms in total. The van der Waals surface area contributed by atoms with E-state index in [2.05, 4.69) is 0 Å². The largest absolute Gasteiger partial charge is 0.386 e. The van der Waals surface area contributed by atoms with Crippen molar-refractivity contribution < 1.29 is 18.8 Å². The number of aliphatic hydroxyl groups excluding tert-OH is 1.